The lowest BCUT2D eigenvalue weighted by molar-refractivity contribution is 0.146. The van der Waals surface area contributed by atoms with Gasteiger partial charge in [-0.05, 0) is 25.0 Å². The van der Waals surface area contributed by atoms with E-state index in [1.165, 1.54) is 0 Å². The third kappa shape index (κ3) is 1.32. The van der Waals surface area contributed by atoms with Gasteiger partial charge in [0, 0.05) is 5.56 Å². The molecule has 0 unspecified atom stereocenters. The summed E-state index contributed by atoms with van der Waals surface area (Å²) in [5, 5.41) is 9.29. The fourth-order valence-corrected chi connectivity index (χ4v) is 1.65. The standard InChI is InChI=1S/C9H7ClF2O/c10-8-6(12)2-1-5(11)7(8)9(13)3-4-9/h1-2,13H,3-4H2. The first kappa shape index (κ1) is 8.91. The van der Waals surface area contributed by atoms with Crippen molar-refractivity contribution in [3.8, 4) is 0 Å². The molecule has 0 saturated heterocycles. The molecule has 4 heteroatoms. The van der Waals surface area contributed by atoms with Crippen LogP contribution in [-0.4, -0.2) is 5.11 Å². The lowest BCUT2D eigenvalue weighted by Gasteiger charge is -2.11. The first-order chi connectivity index (χ1) is 6.04. The van der Waals surface area contributed by atoms with E-state index >= 15 is 0 Å². The van der Waals surface area contributed by atoms with Crippen molar-refractivity contribution in [3.05, 3.63) is 34.4 Å². The summed E-state index contributed by atoms with van der Waals surface area (Å²) in [6.45, 7) is 0. The number of aliphatic hydroxyl groups is 1. The van der Waals surface area contributed by atoms with Crippen LogP contribution in [0.4, 0.5) is 8.78 Å². The van der Waals surface area contributed by atoms with Gasteiger partial charge in [0.05, 0.1) is 10.6 Å². The Morgan fingerprint density at radius 3 is 2.31 bits per heavy atom. The van der Waals surface area contributed by atoms with Gasteiger partial charge in [-0.1, -0.05) is 11.6 Å². The van der Waals surface area contributed by atoms with Gasteiger partial charge < -0.3 is 5.11 Å². The molecule has 1 aliphatic carbocycles. The minimum Gasteiger partial charge on any atom is -0.385 e. The minimum atomic E-state index is -1.23. The van der Waals surface area contributed by atoms with E-state index in [1.807, 2.05) is 0 Å². The highest BCUT2D eigenvalue weighted by Gasteiger charge is 2.46. The molecule has 0 spiro atoms. The molecule has 0 atom stereocenters. The molecule has 1 fully saturated rings. The lowest BCUT2D eigenvalue weighted by Crippen LogP contribution is -2.09. The van der Waals surface area contributed by atoms with Crippen LogP contribution in [0.5, 0.6) is 0 Å². The zero-order valence-electron chi connectivity index (χ0n) is 6.65. The Labute approximate surface area is 78.9 Å². The first-order valence-electron chi connectivity index (χ1n) is 3.91. The molecule has 0 aromatic heterocycles. The molecule has 1 saturated carbocycles. The molecule has 1 nitrogen and oxygen atoms in total. The molecule has 13 heavy (non-hydrogen) atoms. The maximum atomic E-state index is 13.2. The van der Waals surface area contributed by atoms with E-state index in [0.717, 1.165) is 12.1 Å². The largest absolute Gasteiger partial charge is 0.385 e. The smallest absolute Gasteiger partial charge is 0.142 e. The third-order valence-electron chi connectivity index (χ3n) is 2.23. The predicted molar refractivity (Wildman–Crippen MR) is 44.5 cm³/mol. The van der Waals surface area contributed by atoms with Gasteiger partial charge in [0.15, 0.2) is 0 Å². The van der Waals surface area contributed by atoms with Gasteiger partial charge in [0.1, 0.15) is 11.6 Å². The molecule has 0 aliphatic heterocycles. The molecule has 0 amide bonds. The van der Waals surface area contributed by atoms with E-state index in [9.17, 15) is 13.9 Å². The maximum Gasteiger partial charge on any atom is 0.142 e. The van der Waals surface area contributed by atoms with Crippen LogP contribution in [0.1, 0.15) is 18.4 Å². The van der Waals surface area contributed by atoms with Crippen LogP contribution < -0.4 is 0 Å². The van der Waals surface area contributed by atoms with Crippen LogP contribution in [0.25, 0.3) is 0 Å². The highest BCUT2D eigenvalue weighted by molar-refractivity contribution is 6.31. The number of hydrogen-bond acceptors (Lipinski definition) is 1. The van der Waals surface area contributed by atoms with Gasteiger partial charge in [0.25, 0.3) is 0 Å². The van der Waals surface area contributed by atoms with Gasteiger partial charge in [0.2, 0.25) is 0 Å². The van der Waals surface area contributed by atoms with Crippen molar-refractivity contribution in [1.82, 2.24) is 0 Å². The molecule has 2 rings (SSSR count). The molecular formula is C9H7ClF2O. The normalized spacial score (nSPS) is 18.8. The second-order valence-corrected chi connectivity index (χ2v) is 3.63. The van der Waals surface area contributed by atoms with Crippen molar-refractivity contribution < 1.29 is 13.9 Å². The second kappa shape index (κ2) is 2.66. The molecule has 1 aromatic carbocycles. The van der Waals surface area contributed by atoms with Crippen LogP contribution in [0.2, 0.25) is 5.02 Å². The summed E-state index contributed by atoms with van der Waals surface area (Å²) in [5.41, 5.74) is -1.34. The fourth-order valence-electron chi connectivity index (χ4n) is 1.32. The number of halogens is 3. The van der Waals surface area contributed by atoms with E-state index in [2.05, 4.69) is 0 Å². The lowest BCUT2D eigenvalue weighted by atomic mass is 10.1. The molecule has 0 radical (unpaired) electrons. The average Bonchev–Trinajstić information content (AvgIpc) is 2.78. The third-order valence-corrected chi connectivity index (χ3v) is 2.60. The molecule has 1 aliphatic rings. The van der Waals surface area contributed by atoms with E-state index < -0.39 is 17.2 Å². The molecule has 0 heterocycles. The number of benzene rings is 1. The van der Waals surface area contributed by atoms with Crippen molar-refractivity contribution in [3.63, 3.8) is 0 Å². The van der Waals surface area contributed by atoms with Crippen molar-refractivity contribution in [2.45, 2.75) is 18.4 Å². The zero-order chi connectivity index (χ0) is 9.64. The van der Waals surface area contributed by atoms with Crippen molar-refractivity contribution >= 4 is 11.6 Å². The minimum absolute atomic E-state index is 0.103. The van der Waals surface area contributed by atoms with Crippen molar-refractivity contribution in [2.75, 3.05) is 0 Å². The van der Waals surface area contributed by atoms with Gasteiger partial charge in [-0.15, -0.1) is 0 Å². The summed E-state index contributed by atoms with van der Waals surface area (Å²) in [7, 11) is 0. The molecule has 1 aromatic rings. The van der Waals surface area contributed by atoms with Gasteiger partial charge >= 0.3 is 0 Å². The molecule has 1 N–H and O–H groups in total. The van der Waals surface area contributed by atoms with Gasteiger partial charge in [-0.3, -0.25) is 0 Å². The molecule has 0 bridgehead atoms. The van der Waals surface area contributed by atoms with Gasteiger partial charge in [-0.25, -0.2) is 8.78 Å². The first-order valence-corrected chi connectivity index (χ1v) is 4.29. The van der Waals surface area contributed by atoms with Crippen molar-refractivity contribution in [2.24, 2.45) is 0 Å². The van der Waals surface area contributed by atoms with Crippen molar-refractivity contribution in [1.29, 1.82) is 0 Å². The predicted octanol–water partition coefficient (Wildman–Crippen LogP) is 2.60. The highest BCUT2D eigenvalue weighted by atomic mass is 35.5. The molecular weight excluding hydrogens is 198 g/mol. The second-order valence-electron chi connectivity index (χ2n) is 3.25. The summed E-state index contributed by atoms with van der Waals surface area (Å²) < 4.78 is 26.1. The van der Waals surface area contributed by atoms with Crippen LogP contribution >= 0.6 is 11.6 Å². The van der Waals surface area contributed by atoms with Crippen LogP contribution in [0.15, 0.2) is 12.1 Å². The van der Waals surface area contributed by atoms with Crippen LogP contribution in [-0.2, 0) is 5.60 Å². The van der Waals surface area contributed by atoms with E-state index in [1.54, 1.807) is 0 Å². The Hall–Kier alpha value is -0.670. The highest BCUT2D eigenvalue weighted by Crippen LogP contribution is 2.49. The molecule has 70 valence electrons. The quantitative estimate of drug-likeness (QED) is 0.698. The Morgan fingerprint density at radius 2 is 1.77 bits per heavy atom. The summed E-state index contributed by atoms with van der Waals surface area (Å²) in [6, 6.07) is 1.93. The van der Waals surface area contributed by atoms with Crippen LogP contribution in [0.3, 0.4) is 0 Å². The SMILES string of the molecule is OC1(c2c(F)ccc(F)c2Cl)CC1. The van der Waals surface area contributed by atoms with E-state index in [0.29, 0.717) is 12.8 Å². The Morgan fingerprint density at radius 1 is 1.23 bits per heavy atom. The van der Waals surface area contributed by atoms with Gasteiger partial charge in [-0.2, -0.15) is 0 Å². The van der Waals surface area contributed by atoms with E-state index in [4.69, 9.17) is 11.6 Å². The number of rotatable bonds is 1. The Balaban J connectivity index is 2.61. The van der Waals surface area contributed by atoms with E-state index in [-0.39, 0.29) is 10.6 Å². The summed E-state index contributed by atoms with van der Waals surface area (Å²) >= 11 is 5.55. The average molecular weight is 205 g/mol. The van der Waals surface area contributed by atoms with Crippen LogP contribution in [0, 0.1) is 11.6 Å². The topological polar surface area (TPSA) is 20.2 Å². The summed E-state index contributed by atoms with van der Waals surface area (Å²) in [6.07, 6.45) is 0.875. The monoisotopic (exact) mass is 204 g/mol. The Kier molecular flexibility index (Phi) is 1.82. The zero-order valence-corrected chi connectivity index (χ0v) is 7.41. The summed E-state index contributed by atoms with van der Waals surface area (Å²) in [4.78, 5) is 0. The number of hydrogen-bond donors (Lipinski definition) is 1. The Bertz CT molecular complexity index is 361. The fraction of sp³-hybridized carbons (Fsp3) is 0.333. The maximum absolute atomic E-state index is 13.2. The summed E-state index contributed by atoms with van der Waals surface area (Å²) in [5.74, 6) is -1.34.